The maximum Gasteiger partial charge on any atom is 0.224 e. The maximum absolute atomic E-state index is 11.5. The fraction of sp³-hybridized carbons (Fsp3) is 0.500. The van der Waals surface area contributed by atoms with E-state index < -0.39 is 0 Å². The number of hydrogen-bond donors (Lipinski definition) is 1. The number of amides is 1. The lowest BCUT2D eigenvalue weighted by molar-refractivity contribution is -0.116. The van der Waals surface area contributed by atoms with Crippen LogP contribution in [0.1, 0.15) is 26.7 Å². The molecule has 0 fully saturated rings. The predicted octanol–water partition coefficient (Wildman–Crippen LogP) is 2.03. The molecule has 0 atom stereocenters. The Kier molecular flexibility index (Phi) is 3.08. The van der Waals surface area contributed by atoms with Crippen LogP contribution in [0.25, 0.3) is 0 Å². The summed E-state index contributed by atoms with van der Waals surface area (Å²) in [5.74, 6) is 0.0812. The summed E-state index contributed by atoms with van der Waals surface area (Å²) in [6, 6.07) is 2.39. The minimum absolute atomic E-state index is 0.0812. The van der Waals surface area contributed by atoms with Gasteiger partial charge in [0.2, 0.25) is 5.91 Å². The van der Waals surface area contributed by atoms with Crippen LogP contribution in [0.3, 0.4) is 0 Å². The number of rotatable bonds is 1. The molecule has 0 unspecified atom stereocenters. The molecule has 1 aromatic heterocycles. The summed E-state index contributed by atoms with van der Waals surface area (Å²) in [5.41, 5.74) is 1.89. The van der Waals surface area contributed by atoms with Gasteiger partial charge in [0.25, 0.3) is 0 Å². The summed E-state index contributed by atoms with van der Waals surface area (Å²) >= 11 is 0. The van der Waals surface area contributed by atoms with Gasteiger partial charge in [-0.3, -0.25) is 9.78 Å². The van der Waals surface area contributed by atoms with Gasteiger partial charge in [0, 0.05) is 25.2 Å². The molecule has 16 heavy (non-hydrogen) atoms. The molecule has 4 nitrogen and oxygen atoms in total. The third-order valence-corrected chi connectivity index (χ3v) is 2.81. The number of carbonyl (C=O) groups excluding carboxylic acids is 1. The number of hydrogen-bond acceptors (Lipinski definition) is 3. The molecule has 0 radical (unpaired) electrons. The number of nitrogens with zero attached hydrogens (tertiary/aromatic N) is 2. The Bertz CT molecular complexity index is 390. The van der Waals surface area contributed by atoms with Crippen molar-refractivity contribution in [2.24, 2.45) is 0 Å². The van der Waals surface area contributed by atoms with E-state index in [2.05, 4.69) is 29.0 Å². The van der Waals surface area contributed by atoms with Crippen molar-refractivity contribution in [3.63, 3.8) is 0 Å². The van der Waals surface area contributed by atoms with E-state index in [9.17, 15) is 4.79 Å². The van der Waals surface area contributed by atoms with Crippen LogP contribution in [0.5, 0.6) is 0 Å². The highest BCUT2D eigenvalue weighted by atomic mass is 16.1. The number of fused-ring (bicyclic) bond motifs is 1. The Morgan fingerprint density at radius 3 is 3.06 bits per heavy atom. The lowest BCUT2D eigenvalue weighted by Crippen LogP contribution is -2.34. The van der Waals surface area contributed by atoms with Crippen molar-refractivity contribution in [3.8, 4) is 0 Å². The quantitative estimate of drug-likeness (QED) is 0.786. The van der Waals surface area contributed by atoms with Gasteiger partial charge in [0.1, 0.15) is 0 Å². The van der Waals surface area contributed by atoms with Gasteiger partial charge in [-0.05, 0) is 26.3 Å². The monoisotopic (exact) mass is 219 g/mol. The first kappa shape index (κ1) is 10.9. The Balaban J connectivity index is 2.39. The van der Waals surface area contributed by atoms with Crippen molar-refractivity contribution in [2.45, 2.75) is 32.7 Å². The van der Waals surface area contributed by atoms with Crippen molar-refractivity contribution in [3.05, 3.63) is 18.5 Å². The molecular weight excluding hydrogens is 202 g/mol. The summed E-state index contributed by atoms with van der Waals surface area (Å²) in [6.45, 7) is 5.24. The highest BCUT2D eigenvalue weighted by molar-refractivity contribution is 5.94. The first-order valence-corrected chi connectivity index (χ1v) is 5.69. The third kappa shape index (κ3) is 2.15. The van der Waals surface area contributed by atoms with E-state index in [1.807, 2.05) is 6.07 Å². The molecular formula is C12H17N3O. The molecule has 0 saturated heterocycles. The van der Waals surface area contributed by atoms with Gasteiger partial charge in [-0.25, -0.2) is 0 Å². The van der Waals surface area contributed by atoms with Crippen LogP contribution in [0, 0.1) is 0 Å². The van der Waals surface area contributed by atoms with Crippen LogP contribution in [0.4, 0.5) is 11.4 Å². The van der Waals surface area contributed by atoms with E-state index >= 15 is 0 Å². The highest BCUT2D eigenvalue weighted by Gasteiger charge is 2.18. The molecule has 0 saturated carbocycles. The number of anilines is 2. The van der Waals surface area contributed by atoms with Crippen LogP contribution < -0.4 is 10.2 Å². The van der Waals surface area contributed by atoms with Crippen molar-refractivity contribution >= 4 is 17.3 Å². The minimum atomic E-state index is 0.0812. The smallest absolute Gasteiger partial charge is 0.224 e. The first-order chi connectivity index (χ1) is 7.68. The topological polar surface area (TPSA) is 45.2 Å². The van der Waals surface area contributed by atoms with E-state index in [1.54, 1.807) is 12.4 Å². The zero-order valence-electron chi connectivity index (χ0n) is 9.73. The van der Waals surface area contributed by atoms with Crippen LogP contribution in [0.15, 0.2) is 18.5 Å². The second-order valence-electron chi connectivity index (χ2n) is 4.33. The number of pyridine rings is 1. The molecule has 2 heterocycles. The molecule has 0 spiro atoms. The molecule has 4 heteroatoms. The zero-order chi connectivity index (χ0) is 11.5. The number of carbonyl (C=O) groups is 1. The van der Waals surface area contributed by atoms with Gasteiger partial charge in [0.15, 0.2) is 0 Å². The Morgan fingerprint density at radius 2 is 2.31 bits per heavy atom. The van der Waals surface area contributed by atoms with Crippen molar-refractivity contribution in [2.75, 3.05) is 16.8 Å². The van der Waals surface area contributed by atoms with Crippen molar-refractivity contribution < 1.29 is 4.79 Å². The Hall–Kier alpha value is -1.58. The highest BCUT2D eigenvalue weighted by Crippen LogP contribution is 2.28. The van der Waals surface area contributed by atoms with Crippen LogP contribution in [-0.4, -0.2) is 23.5 Å². The lowest BCUT2D eigenvalue weighted by Gasteiger charge is -2.32. The van der Waals surface area contributed by atoms with Gasteiger partial charge in [0.05, 0.1) is 17.6 Å². The first-order valence-electron chi connectivity index (χ1n) is 5.69. The van der Waals surface area contributed by atoms with Crippen LogP contribution in [-0.2, 0) is 4.79 Å². The molecule has 1 aliphatic heterocycles. The fourth-order valence-corrected chi connectivity index (χ4v) is 2.01. The van der Waals surface area contributed by atoms with Gasteiger partial charge < -0.3 is 10.2 Å². The molecule has 1 aliphatic rings. The summed E-state index contributed by atoms with van der Waals surface area (Å²) in [4.78, 5) is 17.9. The molecule has 1 N–H and O–H groups in total. The van der Waals surface area contributed by atoms with Gasteiger partial charge in [-0.2, -0.15) is 0 Å². The molecule has 2 rings (SSSR count). The molecule has 1 amide bonds. The van der Waals surface area contributed by atoms with E-state index in [0.717, 1.165) is 24.3 Å². The van der Waals surface area contributed by atoms with E-state index in [0.29, 0.717) is 12.5 Å². The Labute approximate surface area is 95.7 Å². The largest absolute Gasteiger partial charge is 0.367 e. The number of nitrogens with one attached hydrogen (secondary N) is 1. The fourth-order valence-electron chi connectivity index (χ4n) is 2.01. The zero-order valence-corrected chi connectivity index (χ0v) is 9.73. The number of aromatic nitrogens is 1. The molecule has 1 aromatic rings. The predicted molar refractivity (Wildman–Crippen MR) is 64.6 cm³/mol. The Morgan fingerprint density at radius 1 is 1.50 bits per heavy atom. The average molecular weight is 219 g/mol. The van der Waals surface area contributed by atoms with Crippen LogP contribution in [0.2, 0.25) is 0 Å². The van der Waals surface area contributed by atoms with Crippen molar-refractivity contribution in [1.29, 1.82) is 0 Å². The van der Waals surface area contributed by atoms with Crippen LogP contribution >= 0.6 is 0 Å². The molecule has 86 valence electrons. The van der Waals surface area contributed by atoms with Gasteiger partial charge >= 0.3 is 0 Å². The second kappa shape index (κ2) is 4.51. The maximum atomic E-state index is 11.5. The van der Waals surface area contributed by atoms with Crippen molar-refractivity contribution in [1.82, 2.24) is 4.98 Å². The second-order valence-corrected chi connectivity index (χ2v) is 4.33. The van der Waals surface area contributed by atoms with Gasteiger partial charge in [-0.15, -0.1) is 0 Å². The normalized spacial score (nSPS) is 16.4. The summed E-state index contributed by atoms with van der Waals surface area (Å²) in [7, 11) is 0. The molecule has 0 bridgehead atoms. The van der Waals surface area contributed by atoms with E-state index in [4.69, 9.17) is 0 Å². The molecule has 0 aliphatic carbocycles. The lowest BCUT2D eigenvalue weighted by atomic mass is 10.1. The standard InChI is InChI=1S/C12H17N3O/c1-9(2)15-7-3-4-12(16)14-10-8-13-6-5-11(10)15/h5-6,8-9H,3-4,7H2,1-2H3,(H,14,16). The third-order valence-electron chi connectivity index (χ3n) is 2.81. The summed E-state index contributed by atoms with van der Waals surface area (Å²) < 4.78 is 0. The van der Waals surface area contributed by atoms with E-state index in [1.165, 1.54) is 0 Å². The summed E-state index contributed by atoms with van der Waals surface area (Å²) in [6.07, 6.45) is 4.96. The van der Waals surface area contributed by atoms with Gasteiger partial charge in [-0.1, -0.05) is 0 Å². The summed E-state index contributed by atoms with van der Waals surface area (Å²) in [5, 5.41) is 2.90. The minimum Gasteiger partial charge on any atom is -0.367 e. The van der Waals surface area contributed by atoms with E-state index in [-0.39, 0.29) is 5.91 Å². The SMILES string of the molecule is CC(C)N1CCCC(=O)Nc2cnccc21. The average Bonchev–Trinajstić information content (AvgIpc) is 2.22. The molecule has 0 aromatic carbocycles.